The number of carbonyl (C=O) groups is 1. The third kappa shape index (κ3) is 4.56. The van der Waals surface area contributed by atoms with Gasteiger partial charge in [0, 0.05) is 10.7 Å². The summed E-state index contributed by atoms with van der Waals surface area (Å²) >= 11 is 6.08. The number of aryl methyl sites for hydroxylation is 1. The lowest BCUT2D eigenvalue weighted by atomic mass is 10.1. The average Bonchev–Trinajstić information content (AvgIpc) is 2.58. The highest BCUT2D eigenvalue weighted by Gasteiger charge is 2.29. The maximum Gasteiger partial charge on any atom is 0.248 e. The van der Waals surface area contributed by atoms with E-state index in [0.717, 1.165) is 28.1 Å². The minimum Gasteiger partial charge on any atom is -0.324 e. The van der Waals surface area contributed by atoms with Crippen molar-refractivity contribution in [2.75, 3.05) is 15.9 Å². The van der Waals surface area contributed by atoms with Crippen molar-refractivity contribution in [3.05, 3.63) is 58.6 Å². The third-order valence-electron chi connectivity index (χ3n) is 4.21. The topological polar surface area (TPSA) is 66.5 Å². The molecule has 2 aromatic carbocycles. The highest BCUT2D eigenvalue weighted by Crippen LogP contribution is 2.25. The van der Waals surface area contributed by atoms with Crippen LogP contribution < -0.4 is 9.62 Å². The van der Waals surface area contributed by atoms with E-state index in [9.17, 15) is 13.2 Å². The zero-order valence-corrected chi connectivity index (χ0v) is 16.9. The quantitative estimate of drug-likeness (QED) is 0.805. The maximum absolute atomic E-state index is 12.7. The Balaban J connectivity index is 2.32. The van der Waals surface area contributed by atoms with E-state index in [4.69, 9.17) is 11.6 Å². The maximum atomic E-state index is 12.7. The molecule has 0 saturated carbocycles. The van der Waals surface area contributed by atoms with E-state index in [2.05, 4.69) is 5.32 Å². The molecule has 0 heterocycles. The molecular weight excluding hydrogens is 372 g/mol. The normalized spacial score (nSPS) is 12.5. The van der Waals surface area contributed by atoms with Crippen molar-refractivity contribution in [3.8, 4) is 0 Å². The number of nitrogens with zero attached hydrogens (tertiary/aromatic N) is 1. The van der Waals surface area contributed by atoms with Crippen LogP contribution in [-0.4, -0.2) is 26.6 Å². The van der Waals surface area contributed by atoms with Crippen LogP contribution in [0.2, 0.25) is 5.02 Å². The SMILES string of the molecule is CCc1ccc(N([C@@H](C)C(=O)Nc2cccc(Cl)c2C)S(C)(=O)=O)cc1. The van der Waals surface area contributed by atoms with Gasteiger partial charge >= 0.3 is 0 Å². The van der Waals surface area contributed by atoms with Gasteiger partial charge in [0.25, 0.3) is 0 Å². The number of benzene rings is 2. The second kappa shape index (κ2) is 8.10. The zero-order valence-electron chi connectivity index (χ0n) is 15.3. The van der Waals surface area contributed by atoms with Gasteiger partial charge in [-0.3, -0.25) is 9.10 Å². The van der Waals surface area contributed by atoms with Gasteiger partial charge in [-0.25, -0.2) is 8.42 Å². The van der Waals surface area contributed by atoms with Crippen molar-refractivity contribution in [3.63, 3.8) is 0 Å². The van der Waals surface area contributed by atoms with Gasteiger partial charge in [-0.2, -0.15) is 0 Å². The number of sulfonamides is 1. The van der Waals surface area contributed by atoms with Gasteiger partial charge in [-0.1, -0.05) is 36.7 Å². The fourth-order valence-corrected chi connectivity index (χ4v) is 4.02. The van der Waals surface area contributed by atoms with Crippen LogP contribution in [0.15, 0.2) is 42.5 Å². The van der Waals surface area contributed by atoms with Crippen molar-refractivity contribution in [1.82, 2.24) is 0 Å². The lowest BCUT2D eigenvalue weighted by molar-refractivity contribution is -0.116. The summed E-state index contributed by atoms with van der Waals surface area (Å²) in [6.45, 7) is 5.37. The van der Waals surface area contributed by atoms with E-state index in [1.54, 1.807) is 44.2 Å². The smallest absolute Gasteiger partial charge is 0.248 e. The second-order valence-electron chi connectivity index (χ2n) is 6.16. The van der Waals surface area contributed by atoms with E-state index >= 15 is 0 Å². The van der Waals surface area contributed by atoms with Crippen LogP contribution in [0.25, 0.3) is 0 Å². The summed E-state index contributed by atoms with van der Waals surface area (Å²) in [7, 11) is -3.65. The molecule has 26 heavy (non-hydrogen) atoms. The summed E-state index contributed by atoms with van der Waals surface area (Å²) in [5.74, 6) is -0.430. The predicted octanol–water partition coefficient (Wildman–Crippen LogP) is 4.00. The van der Waals surface area contributed by atoms with E-state index < -0.39 is 22.0 Å². The van der Waals surface area contributed by atoms with Crippen LogP contribution in [0.4, 0.5) is 11.4 Å². The Morgan fingerprint density at radius 3 is 2.35 bits per heavy atom. The van der Waals surface area contributed by atoms with Gasteiger partial charge in [0.15, 0.2) is 0 Å². The largest absolute Gasteiger partial charge is 0.324 e. The minimum absolute atomic E-state index is 0.430. The van der Waals surface area contributed by atoms with E-state index in [0.29, 0.717) is 16.4 Å². The van der Waals surface area contributed by atoms with Gasteiger partial charge in [0.05, 0.1) is 11.9 Å². The molecule has 0 unspecified atom stereocenters. The van der Waals surface area contributed by atoms with Crippen LogP contribution in [0.3, 0.4) is 0 Å². The van der Waals surface area contributed by atoms with Crippen molar-refractivity contribution in [1.29, 1.82) is 0 Å². The van der Waals surface area contributed by atoms with Crippen LogP contribution in [0.1, 0.15) is 25.0 Å². The molecular formula is C19H23ClN2O3S. The van der Waals surface area contributed by atoms with E-state index in [1.807, 2.05) is 19.1 Å². The second-order valence-corrected chi connectivity index (χ2v) is 8.42. The molecule has 0 saturated heterocycles. The standard InChI is InChI=1S/C19H23ClN2O3S/c1-5-15-9-11-16(12-10-15)22(26(4,24)25)14(3)19(23)21-18-8-6-7-17(20)13(18)2/h6-12,14H,5H2,1-4H3,(H,21,23)/t14-/m0/s1. The molecule has 0 aliphatic heterocycles. The van der Waals surface area contributed by atoms with Gasteiger partial charge in [-0.05, 0) is 55.7 Å². The number of hydrogen-bond donors (Lipinski definition) is 1. The molecule has 1 amide bonds. The molecule has 1 atom stereocenters. The molecule has 0 aliphatic rings. The first-order chi connectivity index (χ1) is 12.1. The Labute approximate surface area is 160 Å². The number of nitrogens with one attached hydrogen (secondary N) is 1. The molecule has 0 aliphatic carbocycles. The number of rotatable bonds is 6. The van der Waals surface area contributed by atoms with Gasteiger partial charge in [0.1, 0.15) is 6.04 Å². The molecule has 0 radical (unpaired) electrons. The van der Waals surface area contributed by atoms with Crippen molar-refractivity contribution in [2.45, 2.75) is 33.2 Å². The van der Waals surface area contributed by atoms with Crippen molar-refractivity contribution < 1.29 is 13.2 Å². The number of hydrogen-bond acceptors (Lipinski definition) is 3. The molecule has 0 bridgehead atoms. The number of anilines is 2. The van der Waals surface area contributed by atoms with Crippen LogP contribution in [0.5, 0.6) is 0 Å². The summed E-state index contributed by atoms with van der Waals surface area (Å²) in [5.41, 5.74) is 2.83. The summed E-state index contributed by atoms with van der Waals surface area (Å²) in [4.78, 5) is 12.7. The number of carbonyl (C=O) groups excluding carboxylic acids is 1. The van der Waals surface area contributed by atoms with Crippen LogP contribution in [-0.2, 0) is 21.2 Å². The van der Waals surface area contributed by atoms with Gasteiger partial charge < -0.3 is 5.32 Å². The lowest BCUT2D eigenvalue weighted by Crippen LogP contribution is -2.45. The highest BCUT2D eigenvalue weighted by atomic mass is 35.5. The first-order valence-electron chi connectivity index (χ1n) is 8.29. The Morgan fingerprint density at radius 2 is 1.81 bits per heavy atom. The molecule has 0 spiro atoms. The predicted molar refractivity (Wildman–Crippen MR) is 107 cm³/mol. The van der Waals surface area contributed by atoms with Crippen LogP contribution >= 0.6 is 11.6 Å². The summed E-state index contributed by atoms with van der Waals surface area (Å²) in [6, 6.07) is 11.4. The van der Waals surface area contributed by atoms with Crippen molar-refractivity contribution >= 4 is 38.9 Å². The van der Waals surface area contributed by atoms with E-state index in [1.165, 1.54) is 0 Å². The van der Waals surface area contributed by atoms with Crippen molar-refractivity contribution in [2.24, 2.45) is 0 Å². The number of amides is 1. The Kier molecular flexibility index (Phi) is 6.31. The first-order valence-corrected chi connectivity index (χ1v) is 10.5. The summed E-state index contributed by atoms with van der Waals surface area (Å²) in [6.07, 6.45) is 1.94. The fraction of sp³-hybridized carbons (Fsp3) is 0.316. The third-order valence-corrected chi connectivity index (χ3v) is 5.86. The molecule has 7 heteroatoms. The first kappa shape index (κ1) is 20.3. The lowest BCUT2D eigenvalue weighted by Gasteiger charge is -2.28. The molecule has 1 N–H and O–H groups in total. The molecule has 0 aromatic heterocycles. The molecule has 5 nitrogen and oxygen atoms in total. The highest BCUT2D eigenvalue weighted by molar-refractivity contribution is 7.92. The summed E-state index contributed by atoms with van der Waals surface area (Å²) < 4.78 is 25.8. The van der Waals surface area contributed by atoms with E-state index in [-0.39, 0.29) is 0 Å². The zero-order chi connectivity index (χ0) is 19.5. The molecule has 140 valence electrons. The van der Waals surface area contributed by atoms with Gasteiger partial charge in [0.2, 0.25) is 15.9 Å². The number of halogens is 1. The molecule has 0 fully saturated rings. The Bertz CT molecular complexity index is 896. The Hall–Kier alpha value is -2.05. The summed E-state index contributed by atoms with van der Waals surface area (Å²) in [5, 5.41) is 3.30. The van der Waals surface area contributed by atoms with Crippen LogP contribution in [0, 0.1) is 6.92 Å². The molecule has 2 aromatic rings. The monoisotopic (exact) mass is 394 g/mol. The minimum atomic E-state index is -3.65. The fourth-order valence-electron chi connectivity index (χ4n) is 2.67. The Morgan fingerprint density at radius 1 is 1.19 bits per heavy atom. The average molecular weight is 395 g/mol. The van der Waals surface area contributed by atoms with Gasteiger partial charge in [-0.15, -0.1) is 0 Å². The molecule has 2 rings (SSSR count).